The van der Waals surface area contributed by atoms with Crippen LogP contribution in [0.2, 0.25) is 5.02 Å². The van der Waals surface area contributed by atoms with Crippen molar-refractivity contribution in [2.24, 2.45) is 0 Å². The lowest BCUT2D eigenvalue weighted by atomic mass is 10.1. The third kappa shape index (κ3) is 4.65. The molecule has 1 aromatic rings. The number of carbonyl (C=O) groups is 1. The normalized spacial score (nSPS) is 20.2. The lowest BCUT2D eigenvalue weighted by Gasteiger charge is -2.28. The van der Waals surface area contributed by atoms with Crippen LogP contribution in [0.4, 0.5) is 0 Å². The minimum absolute atomic E-state index is 0.103. The third-order valence-corrected chi connectivity index (χ3v) is 7.69. The average Bonchev–Trinajstić information content (AvgIpc) is 2.97. The van der Waals surface area contributed by atoms with Gasteiger partial charge in [0.2, 0.25) is 10.0 Å². The fourth-order valence-electron chi connectivity index (χ4n) is 3.77. The smallest absolute Gasteiger partial charge is 0.255 e. The van der Waals surface area contributed by atoms with Crippen LogP contribution in [0.15, 0.2) is 23.1 Å². The third-order valence-electron chi connectivity index (χ3n) is 5.47. The number of carbonyl (C=O) groups excluding carboxylic acids is 1. The van der Waals surface area contributed by atoms with Gasteiger partial charge in [0, 0.05) is 26.2 Å². The quantitative estimate of drug-likeness (QED) is 0.710. The zero-order valence-electron chi connectivity index (χ0n) is 15.7. The van der Waals surface area contributed by atoms with Gasteiger partial charge in [-0.15, -0.1) is 0 Å². The van der Waals surface area contributed by atoms with Crippen molar-refractivity contribution < 1.29 is 17.9 Å². The Morgan fingerprint density at radius 3 is 2.41 bits per heavy atom. The van der Waals surface area contributed by atoms with Crippen molar-refractivity contribution in [2.45, 2.75) is 49.5 Å². The molecule has 2 fully saturated rings. The second-order valence-electron chi connectivity index (χ2n) is 7.22. The first-order valence-corrected chi connectivity index (χ1v) is 11.4. The van der Waals surface area contributed by atoms with E-state index >= 15 is 0 Å². The molecule has 1 aliphatic carbocycles. The Balaban J connectivity index is 1.85. The second-order valence-corrected chi connectivity index (χ2v) is 9.56. The summed E-state index contributed by atoms with van der Waals surface area (Å²) < 4.78 is 32.4. The van der Waals surface area contributed by atoms with Gasteiger partial charge in [-0.1, -0.05) is 37.3 Å². The highest BCUT2D eigenvalue weighted by Crippen LogP contribution is 2.27. The summed E-state index contributed by atoms with van der Waals surface area (Å²) in [6.07, 6.45) is 6.58. The summed E-state index contributed by atoms with van der Waals surface area (Å²) in [7, 11) is -1.88. The van der Waals surface area contributed by atoms with Gasteiger partial charge in [0.25, 0.3) is 5.91 Å². The van der Waals surface area contributed by atoms with E-state index in [0.29, 0.717) is 26.3 Å². The van der Waals surface area contributed by atoms with E-state index in [0.717, 1.165) is 25.7 Å². The molecule has 0 radical (unpaired) electrons. The van der Waals surface area contributed by atoms with E-state index in [1.54, 1.807) is 11.9 Å². The minimum atomic E-state index is -3.67. The molecule has 0 aromatic heterocycles. The summed E-state index contributed by atoms with van der Waals surface area (Å²) >= 11 is 6.27. The molecule has 1 saturated heterocycles. The standard InChI is InChI=1S/C19H27ClN2O4S/c1-21(15-6-4-2-3-5-7-15)19(23)17-14-16(8-9-18(17)20)27(24,25)22-10-12-26-13-11-22/h8-9,14-15H,2-7,10-13H2,1H3. The molecular weight excluding hydrogens is 388 g/mol. The molecule has 2 aliphatic rings. The van der Waals surface area contributed by atoms with Crippen molar-refractivity contribution in [2.75, 3.05) is 33.4 Å². The summed E-state index contributed by atoms with van der Waals surface area (Å²) in [6, 6.07) is 4.57. The minimum Gasteiger partial charge on any atom is -0.379 e. The van der Waals surface area contributed by atoms with Crippen molar-refractivity contribution in [1.82, 2.24) is 9.21 Å². The second kappa shape index (κ2) is 8.90. The molecule has 0 bridgehead atoms. The van der Waals surface area contributed by atoms with Crippen LogP contribution in [-0.4, -0.2) is 62.9 Å². The van der Waals surface area contributed by atoms with Gasteiger partial charge >= 0.3 is 0 Å². The number of ether oxygens (including phenoxy) is 1. The molecule has 1 aromatic carbocycles. The van der Waals surface area contributed by atoms with Crippen LogP contribution in [0.3, 0.4) is 0 Å². The number of benzene rings is 1. The molecule has 3 rings (SSSR count). The number of hydrogen-bond acceptors (Lipinski definition) is 4. The van der Waals surface area contributed by atoms with Gasteiger partial charge in [0.05, 0.1) is 28.7 Å². The molecular formula is C19H27ClN2O4S. The first-order chi connectivity index (χ1) is 12.9. The Morgan fingerprint density at radius 2 is 1.78 bits per heavy atom. The van der Waals surface area contributed by atoms with Crippen LogP contribution in [0.1, 0.15) is 48.9 Å². The Kier molecular flexibility index (Phi) is 6.78. The molecule has 6 nitrogen and oxygen atoms in total. The van der Waals surface area contributed by atoms with Crippen LogP contribution < -0.4 is 0 Å². The summed E-state index contributed by atoms with van der Waals surface area (Å²) in [5, 5.41) is 0.279. The number of hydrogen-bond donors (Lipinski definition) is 0. The molecule has 1 amide bonds. The van der Waals surface area contributed by atoms with Gasteiger partial charge in [0.15, 0.2) is 0 Å². The fraction of sp³-hybridized carbons (Fsp3) is 0.632. The van der Waals surface area contributed by atoms with E-state index in [4.69, 9.17) is 16.3 Å². The Hall–Kier alpha value is -1.15. The summed E-state index contributed by atoms with van der Waals surface area (Å²) in [6.45, 7) is 1.39. The Labute approximate surface area is 166 Å². The maximum absolute atomic E-state index is 13.0. The van der Waals surface area contributed by atoms with Crippen molar-refractivity contribution >= 4 is 27.5 Å². The SMILES string of the molecule is CN(C(=O)c1cc(S(=O)(=O)N2CCOCC2)ccc1Cl)C1CCCCCC1. The predicted octanol–water partition coefficient (Wildman–Crippen LogP) is 3.16. The lowest BCUT2D eigenvalue weighted by molar-refractivity contribution is 0.0716. The number of morpholine rings is 1. The monoisotopic (exact) mass is 414 g/mol. The van der Waals surface area contributed by atoms with Crippen molar-refractivity contribution in [3.63, 3.8) is 0 Å². The highest BCUT2D eigenvalue weighted by atomic mass is 35.5. The van der Waals surface area contributed by atoms with Crippen LogP contribution in [0.25, 0.3) is 0 Å². The average molecular weight is 415 g/mol. The number of sulfonamides is 1. The van der Waals surface area contributed by atoms with Crippen LogP contribution >= 0.6 is 11.6 Å². The molecule has 150 valence electrons. The van der Waals surface area contributed by atoms with Crippen LogP contribution in [0, 0.1) is 0 Å². The topological polar surface area (TPSA) is 66.9 Å². The molecule has 1 heterocycles. The Morgan fingerprint density at radius 1 is 1.15 bits per heavy atom. The number of halogens is 1. The summed E-state index contributed by atoms with van der Waals surface area (Å²) in [5.41, 5.74) is 0.248. The maximum Gasteiger partial charge on any atom is 0.255 e. The van der Waals surface area contributed by atoms with Gasteiger partial charge in [-0.3, -0.25) is 4.79 Å². The highest BCUT2D eigenvalue weighted by Gasteiger charge is 2.29. The zero-order valence-corrected chi connectivity index (χ0v) is 17.3. The van der Waals surface area contributed by atoms with Crippen LogP contribution in [0.5, 0.6) is 0 Å². The largest absolute Gasteiger partial charge is 0.379 e. The van der Waals surface area contributed by atoms with E-state index in [1.165, 1.54) is 35.3 Å². The predicted molar refractivity (Wildman–Crippen MR) is 105 cm³/mol. The fourth-order valence-corrected chi connectivity index (χ4v) is 5.40. The number of nitrogens with zero attached hydrogens (tertiary/aromatic N) is 2. The van der Waals surface area contributed by atoms with Gasteiger partial charge in [-0.25, -0.2) is 8.42 Å². The molecule has 0 unspecified atom stereocenters. The van der Waals surface area contributed by atoms with E-state index in [9.17, 15) is 13.2 Å². The molecule has 1 aliphatic heterocycles. The number of rotatable bonds is 4. The number of amides is 1. The zero-order chi connectivity index (χ0) is 19.4. The van der Waals surface area contributed by atoms with E-state index in [-0.39, 0.29) is 27.4 Å². The van der Waals surface area contributed by atoms with E-state index in [2.05, 4.69) is 0 Å². The highest BCUT2D eigenvalue weighted by molar-refractivity contribution is 7.89. The maximum atomic E-state index is 13.0. The Bertz CT molecular complexity index is 770. The van der Waals surface area contributed by atoms with Gasteiger partial charge in [0.1, 0.15) is 0 Å². The molecule has 0 spiro atoms. The molecule has 27 heavy (non-hydrogen) atoms. The van der Waals surface area contributed by atoms with Crippen molar-refractivity contribution in [3.8, 4) is 0 Å². The first kappa shape index (κ1) is 20.6. The molecule has 1 saturated carbocycles. The van der Waals surface area contributed by atoms with Crippen molar-refractivity contribution in [1.29, 1.82) is 0 Å². The first-order valence-electron chi connectivity index (χ1n) is 9.56. The summed E-state index contributed by atoms with van der Waals surface area (Å²) in [5.74, 6) is -0.217. The van der Waals surface area contributed by atoms with Crippen molar-refractivity contribution in [3.05, 3.63) is 28.8 Å². The van der Waals surface area contributed by atoms with Crippen LogP contribution in [-0.2, 0) is 14.8 Å². The lowest BCUT2D eigenvalue weighted by Crippen LogP contribution is -2.40. The molecule has 0 N–H and O–H groups in total. The molecule has 0 atom stereocenters. The van der Waals surface area contributed by atoms with Gasteiger partial charge in [-0.05, 0) is 31.0 Å². The molecule has 8 heteroatoms. The van der Waals surface area contributed by atoms with Gasteiger partial charge in [-0.2, -0.15) is 4.31 Å². The van der Waals surface area contributed by atoms with Gasteiger partial charge < -0.3 is 9.64 Å². The van der Waals surface area contributed by atoms with E-state index < -0.39 is 10.0 Å². The summed E-state index contributed by atoms with van der Waals surface area (Å²) in [4.78, 5) is 14.9. The van der Waals surface area contributed by atoms with E-state index in [1.807, 2.05) is 0 Å².